The molecule has 6 heteroatoms. The summed E-state index contributed by atoms with van der Waals surface area (Å²) >= 11 is 1.19. The monoisotopic (exact) mass is 236 g/mol. The van der Waals surface area contributed by atoms with E-state index in [0.717, 1.165) is 0 Å². The summed E-state index contributed by atoms with van der Waals surface area (Å²) in [6.07, 6.45) is 2.96. The van der Waals surface area contributed by atoms with Crippen LogP contribution in [-0.2, 0) is 0 Å². The lowest BCUT2D eigenvalue weighted by Crippen LogP contribution is -2.03. The number of hydrogen-bond donors (Lipinski definition) is 2. The van der Waals surface area contributed by atoms with E-state index in [-0.39, 0.29) is 11.3 Å². The number of carboxylic acid groups (broad SMARTS) is 1. The number of nitrogens with zero attached hydrogens (tertiary/aromatic N) is 1. The van der Waals surface area contributed by atoms with Gasteiger partial charge in [0.15, 0.2) is 0 Å². The Morgan fingerprint density at radius 1 is 1.50 bits per heavy atom. The highest BCUT2D eigenvalue weighted by Gasteiger charge is 2.12. The summed E-state index contributed by atoms with van der Waals surface area (Å²) in [4.78, 5) is 15.4. The zero-order valence-corrected chi connectivity index (χ0v) is 8.90. The molecule has 0 bridgehead atoms. The first-order valence-electron chi connectivity index (χ1n) is 4.37. The fraction of sp³-hybridized carbons (Fsp3) is 0. The number of rotatable bonds is 3. The van der Waals surface area contributed by atoms with E-state index in [1.54, 1.807) is 12.1 Å². The molecule has 0 fully saturated rings. The first kappa shape index (κ1) is 10.6. The van der Waals surface area contributed by atoms with Gasteiger partial charge in [0.25, 0.3) is 5.22 Å². The first-order valence-corrected chi connectivity index (χ1v) is 5.19. The Hall–Kier alpha value is -1.95. The molecule has 3 N–H and O–H groups in total. The van der Waals surface area contributed by atoms with Crippen LogP contribution in [0.25, 0.3) is 0 Å². The van der Waals surface area contributed by atoms with E-state index in [9.17, 15) is 4.79 Å². The molecule has 0 aliphatic rings. The van der Waals surface area contributed by atoms with Gasteiger partial charge in [-0.2, -0.15) is 0 Å². The van der Waals surface area contributed by atoms with Crippen molar-refractivity contribution in [1.82, 2.24) is 4.98 Å². The Kier molecular flexibility index (Phi) is 2.82. The van der Waals surface area contributed by atoms with Crippen LogP contribution in [0.1, 0.15) is 10.4 Å². The maximum Gasteiger partial charge on any atom is 0.337 e. The number of carboxylic acids is 1. The topological polar surface area (TPSA) is 89.4 Å². The molecular weight excluding hydrogens is 228 g/mol. The second-order valence-electron chi connectivity index (χ2n) is 2.92. The van der Waals surface area contributed by atoms with Crippen LogP contribution < -0.4 is 5.73 Å². The van der Waals surface area contributed by atoms with Crippen molar-refractivity contribution in [3.63, 3.8) is 0 Å². The third-order valence-corrected chi connectivity index (χ3v) is 2.86. The van der Waals surface area contributed by atoms with Gasteiger partial charge in [-0.1, -0.05) is 6.07 Å². The Morgan fingerprint density at radius 3 is 2.94 bits per heavy atom. The van der Waals surface area contributed by atoms with Gasteiger partial charge in [0, 0.05) is 4.90 Å². The molecule has 0 unspecified atom stereocenters. The Morgan fingerprint density at radius 2 is 2.31 bits per heavy atom. The van der Waals surface area contributed by atoms with Crippen LogP contribution in [0.15, 0.2) is 45.2 Å². The van der Waals surface area contributed by atoms with Crippen molar-refractivity contribution in [3.8, 4) is 0 Å². The lowest BCUT2D eigenvalue weighted by Gasteiger charge is -2.05. The smallest absolute Gasteiger partial charge is 0.337 e. The molecule has 0 atom stereocenters. The molecule has 0 saturated carbocycles. The van der Waals surface area contributed by atoms with Gasteiger partial charge in [0.05, 0.1) is 17.4 Å². The zero-order valence-electron chi connectivity index (χ0n) is 8.08. The number of benzene rings is 1. The third-order valence-electron chi connectivity index (χ3n) is 1.90. The second-order valence-corrected chi connectivity index (χ2v) is 3.92. The Bertz CT molecular complexity index is 511. The molecule has 1 heterocycles. The largest absolute Gasteiger partial charge is 0.478 e. The highest BCUT2D eigenvalue weighted by molar-refractivity contribution is 7.99. The van der Waals surface area contributed by atoms with Gasteiger partial charge in [-0.15, -0.1) is 0 Å². The lowest BCUT2D eigenvalue weighted by atomic mass is 10.2. The minimum atomic E-state index is -1.05. The molecule has 2 rings (SSSR count). The van der Waals surface area contributed by atoms with Gasteiger partial charge in [0.2, 0.25) is 0 Å². The minimum Gasteiger partial charge on any atom is -0.478 e. The molecule has 0 aliphatic heterocycles. The van der Waals surface area contributed by atoms with Gasteiger partial charge in [-0.3, -0.25) is 0 Å². The molecule has 82 valence electrons. The number of aromatic nitrogens is 1. The van der Waals surface area contributed by atoms with Gasteiger partial charge >= 0.3 is 5.97 Å². The number of aromatic carboxylic acids is 1. The Balaban J connectivity index is 2.35. The van der Waals surface area contributed by atoms with Crippen LogP contribution in [0, 0.1) is 0 Å². The molecule has 0 saturated heterocycles. The maximum atomic E-state index is 10.8. The zero-order chi connectivity index (χ0) is 11.5. The molecule has 0 amide bonds. The fourth-order valence-electron chi connectivity index (χ4n) is 1.17. The van der Waals surface area contributed by atoms with Crippen LogP contribution in [0.2, 0.25) is 0 Å². The van der Waals surface area contributed by atoms with E-state index in [1.807, 2.05) is 0 Å². The van der Waals surface area contributed by atoms with Crippen molar-refractivity contribution < 1.29 is 14.3 Å². The minimum absolute atomic E-state index is 0.0801. The summed E-state index contributed by atoms with van der Waals surface area (Å²) in [5.74, 6) is -1.05. The van der Waals surface area contributed by atoms with E-state index in [0.29, 0.717) is 10.1 Å². The summed E-state index contributed by atoms with van der Waals surface area (Å²) < 4.78 is 5.04. The van der Waals surface area contributed by atoms with Crippen LogP contribution >= 0.6 is 11.8 Å². The fourth-order valence-corrected chi connectivity index (χ4v) is 1.95. The number of nitrogen functional groups attached to an aromatic ring is 1. The third kappa shape index (κ3) is 2.01. The standard InChI is InChI=1S/C10H8N2O3S/c11-8-6(9(13)14)2-1-3-7(8)16-10-12-4-5-15-10/h1-5H,11H2,(H,13,14). The number of hydrogen-bond acceptors (Lipinski definition) is 5. The summed E-state index contributed by atoms with van der Waals surface area (Å²) in [7, 11) is 0. The molecule has 0 aliphatic carbocycles. The number of nitrogens with two attached hydrogens (primary N) is 1. The molecule has 0 spiro atoms. The number of anilines is 1. The van der Waals surface area contributed by atoms with Gasteiger partial charge in [-0.05, 0) is 23.9 Å². The summed E-state index contributed by atoms with van der Waals surface area (Å²) in [6, 6.07) is 4.80. The molecule has 0 radical (unpaired) electrons. The summed E-state index contributed by atoms with van der Waals surface area (Å²) in [5.41, 5.74) is 6.03. The maximum absolute atomic E-state index is 10.8. The first-order chi connectivity index (χ1) is 7.68. The highest BCUT2D eigenvalue weighted by atomic mass is 32.2. The molecule has 5 nitrogen and oxygen atoms in total. The normalized spacial score (nSPS) is 10.2. The van der Waals surface area contributed by atoms with Crippen molar-refractivity contribution in [2.75, 3.05) is 5.73 Å². The number of carbonyl (C=O) groups is 1. The lowest BCUT2D eigenvalue weighted by molar-refractivity contribution is 0.0698. The molecule has 2 aromatic rings. The van der Waals surface area contributed by atoms with Crippen molar-refractivity contribution in [2.24, 2.45) is 0 Å². The molecule has 1 aromatic carbocycles. The van der Waals surface area contributed by atoms with E-state index in [1.165, 1.54) is 30.3 Å². The van der Waals surface area contributed by atoms with E-state index >= 15 is 0 Å². The van der Waals surface area contributed by atoms with E-state index < -0.39 is 5.97 Å². The van der Waals surface area contributed by atoms with Gasteiger partial charge in [-0.25, -0.2) is 9.78 Å². The predicted molar refractivity (Wildman–Crippen MR) is 58.4 cm³/mol. The van der Waals surface area contributed by atoms with Crippen LogP contribution in [0.5, 0.6) is 0 Å². The van der Waals surface area contributed by atoms with Crippen LogP contribution in [0.4, 0.5) is 5.69 Å². The van der Waals surface area contributed by atoms with Crippen molar-refractivity contribution in [2.45, 2.75) is 10.1 Å². The van der Waals surface area contributed by atoms with Crippen LogP contribution in [-0.4, -0.2) is 16.1 Å². The SMILES string of the molecule is Nc1c(Sc2ncco2)cccc1C(=O)O. The van der Waals surface area contributed by atoms with Crippen molar-refractivity contribution >= 4 is 23.4 Å². The summed E-state index contributed by atoms with van der Waals surface area (Å²) in [5, 5.41) is 9.31. The van der Waals surface area contributed by atoms with E-state index in [4.69, 9.17) is 15.3 Å². The van der Waals surface area contributed by atoms with Crippen molar-refractivity contribution in [3.05, 3.63) is 36.2 Å². The molecular formula is C10H8N2O3S. The van der Waals surface area contributed by atoms with Gasteiger partial charge in [0.1, 0.15) is 6.26 Å². The molecule has 16 heavy (non-hydrogen) atoms. The number of para-hydroxylation sites is 1. The quantitative estimate of drug-likeness (QED) is 0.793. The average molecular weight is 236 g/mol. The van der Waals surface area contributed by atoms with E-state index in [2.05, 4.69) is 4.98 Å². The van der Waals surface area contributed by atoms with Gasteiger partial charge < -0.3 is 15.3 Å². The number of oxazole rings is 1. The van der Waals surface area contributed by atoms with Crippen LogP contribution in [0.3, 0.4) is 0 Å². The second kappa shape index (κ2) is 4.28. The highest BCUT2D eigenvalue weighted by Crippen LogP contribution is 2.32. The predicted octanol–water partition coefficient (Wildman–Crippen LogP) is 2.11. The van der Waals surface area contributed by atoms with Crippen molar-refractivity contribution in [1.29, 1.82) is 0 Å². The average Bonchev–Trinajstić information content (AvgIpc) is 2.73. The summed E-state index contributed by atoms with van der Waals surface area (Å²) in [6.45, 7) is 0. The molecule has 1 aromatic heterocycles. The Labute approximate surface area is 95.3 Å².